The van der Waals surface area contributed by atoms with Crippen molar-refractivity contribution < 1.29 is 24.1 Å². The average molecular weight is 336 g/mol. The third-order valence-electron chi connectivity index (χ3n) is 4.25. The van der Waals surface area contributed by atoms with Crippen molar-refractivity contribution in [2.24, 2.45) is 0 Å². The molecule has 0 spiro atoms. The molecule has 134 valence electrons. The minimum Gasteiger partial charge on any atom is -0.493 e. The molecule has 0 amide bonds. The lowest BCUT2D eigenvalue weighted by atomic mass is 9.77. The molecule has 5 heteroatoms. The third-order valence-corrected chi connectivity index (χ3v) is 4.25. The predicted octanol–water partition coefficient (Wildman–Crippen LogP) is 3.39. The van der Waals surface area contributed by atoms with Crippen LogP contribution < -0.4 is 0 Å². The molecule has 0 bridgehead atoms. The van der Waals surface area contributed by atoms with Gasteiger partial charge in [0, 0.05) is 5.57 Å². The Balaban J connectivity index is 2.64. The Morgan fingerprint density at radius 3 is 2.12 bits per heavy atom. The summed E-state index contributed by atoms with van der Waals surface area (Å²) < 4.78 is 17.1. The number of Topliss-reactive ketones (excluding diaryl/α,β-unsaturated/α-hetero) is 1. The van der Waals surface area contributed by atoms with Gasteiger partial charge in [0.05, 0.1) is 19.3 Å². The van der Waals surface area contributed by atoms with Crippen LogP contribution in [0.15, 0.2) is 34.5 Å². The van der Waals surface area contributed by atoms with Crippen LogP contribution in [0.5, 0.6) is 0 Å². The van der Waals surface area contributed by atoms with E-state index >= 15 is 0 Å². The summed E-state index contributed by atoms with van der Waals surface area (Å²) in [5.41, 5.74) is -0.543. The third kappa shape index (κ3) is 3.09. The first-order valence-electron chi connectivity index (χ1n) is 8.53. The highest BCUT2D eigenvalue weighted by atomic mass is 16.6. The van der Waals surface area contributed by atoms with Crippen molar-refractivity contribution in [3.8, 4) is 0 Å². The minimum absolute atomic E-state index is 0.0384. The molecule has 0 saturated heterocycles. The van der Waals surface area contributed by atoms with Crippen LogP contribution in [0.25, 0.3) is 0 Å². The van der Waals surface area contributed by atoms with Crippen LogP contribution in [0.3, 0.4) is 0 Å². The van der Waals surface area contributed by atoms with Crippen LogP contribution in [0.4, 0.5) is 0 Å². The van der Waals surface area contributed by atoms with Crippen molar-refractivity contribution in [1.82, 2.24) is 0 Å². The number of rotatable bonds is 6. The SMILES string of the molecule is COC1=C(C)C(O)(C2=CCCC2)C(=O)C(OC(C)C)=C1OC(C)C. The molecule has 0 aliphatic heterocycles. The fraction of sp³-hybridized carbons (Fsp3) is 0.632. The zero-order valence-corrected chi connectivity index (χ0v) is 15.4. The van der Waals surface area contributed by atoms with E-state index in [2.05, 4.69) is 0 Å². The van der Waals surface area contributed by atoms with E-state index in [1.165, 1.54) is 7.11 Å². The smallest absolute Gasteiger partial charge is 0.241 e. The van der Waals surface area contributed by atoms with E-state index in [9.17, 15) is 9.90 Å². The van der Waals surface area contributed by atoms with Crippen molar-refractivity contribution in [2.75, 3.05) is 7.11 Å². The van der Waals surface area contributed by atoms with E-state index < -0.39 is 11.4 Å². The zero-order valence-electron chi connectivity index (χ0n) is 15.4. The number of ether oxygens (including phenoxy) is 3. The molecule has 0 aromatic rings. The predicted molar refractivity (Wildman–Crippen MR) is 91.1 cm³/mol. The van der Waals surface area contributed by atoms with Gasteiger partial charge in [-0.15, -0.1) is 0 Å². The second-order valence-electron chi connectivity index (χ2n) is 6.81. The summed E-state index contributed by atoms with van der Waals surface area (Å²) in [4.78, 5) is 13.2. The summed E-state index contributed by atoms with van der Waals surface area (Å²) in [5.74, 6) is 0.205. The number of allylic oxidation sites excluding steroid dienone is 1. The Hall–Kier alpha value is -1.75. The summed E-state index contributed by atoms with van der Waals surface area (Å²) >= 11 is 0. The van der Waals surface area contributed by atoms with E-state index in [0.29, 0.717) is 23.3 Å². The summed E-state index contributed by atoms with van der Waals surface area (Å²) in [7, 11) is 1.51. The van der Waals surface area contributed by atoms with E-state index in [0.717, 1.165) is 12.8 Å². The van der Waals surface area contributed by atoms with Gasteiger partial charge < -0.3 is 19.3 Å². The Kier molecular flexibility index (Phi) is 5.43. The molecule has 0 fully saturated rings. The Morgan fingerprint density at radius 2 is 1.67 bits per heavy atom. The van der Waals surface area contributed by atoms with E-state index in [1.807, 2.05) is 33.8 Å². The van der Waals surface area contributed by atoms with E-state index in [1.54, 1.807) is 6.92 Å². The molecule has 5 nitrogen and oxygen atoms in total. The van der Waals surface area contributed by atoms with Gasteiger partial charge in [0.2, 0.25) is 17.3 Å². The van der Waals surface area contributed by atoms with Crippen LogP contribution in [0.1, 0.15) is 53.9 Å². The number of hydrogen-bond donors (Lipinski definition) is 1. The van der Waals surface area contributed by atoms with Crippen LogP contribution in [0, 0.1) is 0 Å². The topological polar surface area (TPSA) is 65.0 Å². The van der Waals surface area contributed by atoms with Gasteiger partial charge in [-0.2, -0.15) is 0 Å². The number of ketones is 1. The fourth-order valence-corrected chi connectivity index (χ4v) is 3.19. The highest BCUT2D eigenvalue weighted by Crippen LogP contribution is 2.43. The van der Waals surface area contributed by atoms with Gasteiger partial charge in [-0.05, 0) is 59.5 Å². The normalized spacial score (nSPS) is 24.9. The largest absolute Gasteiger partial charge is 0.493 e. The molecule has 0 aromatic carbocycles. The summed E-state index contributed by atoms with van der Waals surface area (Å²) in [5, 5.41) is 11.3. The highest BCUT2D eigenvalue weighted by Gasteiger charge is 2.51. The first-order chi connectivity index (χ1) is 11.2. The number of hydrogen-bond acceptors (Lipinski definition) is 5. The van der Waals surface area contributed by atoms with Gasteiger partial charge in [0.1, 0.15) is 0 Å². The minimum atomic E-state index is -1.71. The quantitative estimate of drug-likeness (QED) is 0.753. The molecule has 0 heterocycles. The fourth-order valence-electron chi connectivity index (χ4n) is 3.19. The number of aliphatic hydroxyl groups is 1. The Morgan fingerprint density at radius 1 is 1.08 bits per heavy atom. The first kappa shape index (κ1) is 18.6. The maximum Gasteiger partial charge on any atom is 0.241 e. The van der Waals surface area contributed by atoms with Crippen molar-refractivity contribution in [3.05, 3.63) is 34.5 Å². The summed E-state index contributed by atoms with van der Waals surface area (Å²) in [6.07, 6.45) is 4.03. The van der Waals surface area contributed by atoms with Gasteiger partial charge in [-0.25, -0.2) is 0 Å². The molecule has 1 N–H and O–H groups in total. The highest BCUT2D eigenvalue weighted by molar-refractivity contribution is 6.07. The van der Waals surface area contributed by atoms with Gasteiger partial charge >= 0.3 is 0 Å². The molecule has 2 rings (SSSR count). The maximum atomic E-state index is 13.2. The van der Waals surface area contributed by atoms with Crippen molar-refractivity contribution in [1.29, 1.82) is 0 Å². The molecule has 24 heavy (non-hydrogen) atoms. The number of methoxy groups -OCH3 is 1. The first-order valence-corrected chi connectivity index (χ1v) is 8.53. The van der Waals surface area contributed by atoms with Crippen LogP contribution >= 0.6 is 0 Å². The van der Waals surface area contributed by atoms with Gasteiger partial charge in [0.25, 0.3) is 0 Å². The van der Waals surface area contributed by atoms with Gasteiger partial charge in [-0.3, -0.25) is 4.79 Å². The second-order valence-corrected chi connectivity index (χ2v) is 6.81. The molecule has 1 atom stereocenters. The molecule has 0 aromatic heterocycles. The van der Waals surface area contributed by atoms with Gasteiger partial charge in [-0.1, -0.05) is 6.08 Å². The Labute approximate surface area is 144 Å². The summed E-state index contributed by atoms with van der Waals surface area (Å²) in [6, 6.07) is 0. The average Bonchev–Trinajstić information content (AvgIpc) is 3.03. The van der Waals surface area contributed by atoms with Crippen LogP contribution in [0.2, 0.25) is 0 Å². The van der Waals surface area contributed by atoms with E-state index in [-0.39, 0.29) is 23.7 Å². The second kappa shape index (κ2) is 7.01. The van der Waals surface area contributed by atoms with Crippen molar-refractivity contribution in [2.45, 2.75) is 71.7 Å². The van der Waals surface area contributed by atoms with Crippen LogP contribution in [-0.2, 0) is 19.0 Å². The standard InChI is InChI=1S/C19H28O5/c1-11(2)23-16-15(22-6)13(5)19(21,14-9-7-8-10-14)18(20)17(16)24-12(3)4/h9,11-12,21H,7-8,10H2,1-6H3. The lowest BCUT2D eigenvalue weighted by molar-refractivity contribution is -0.133. The molecular formula is C19H28O5. The number of carbonyl (C=O) groups is 1. The molecule has 2 aliphatic carbocycles. The van der Waals surface area contributed by atoms with Crippen molar-refractivity contribution in [3.63, 3.8) is 0 Å². The molecule has 0 saturated carbocycles. The Bertz CT molecular complexity index is 609. The van der Waals surface area contributed by atoms with Crippen molar-refractivity contribution >= 4 is 5.78 Å². The number of carbonyl (C=O) groups excluding carboxylic acids is 1. The molecule has 2 aliphatic rings. The van der Waals surface area contributed by atoms with E-state index in [4.69, 9.17) is 14.2 Å². The summed E-state index contributed by atoms with van der Waals surface area (Å²) in [6.45, 7) is 9.12. The lowest BCUT2D eigenvalue weighted by Crippen LogP contribution is -2.47. The lowest BCUT2D eigenvalue weighted by Gasteiger charge is -2.36. The molecule has 1 unspecified atom stereocenters. The monoisotopic (exact) mass is 336 g/mol. The molecule has 0 radical (unpaired) electrons. The zero-order chi connectivity index (χ0) is 18.1. The molecular weight excluding hydrogens is 308 g/mol. The van der Waals surface area contributed by atoms with Gasteiger partial charge in [0.15, 0.2) is 11.4 Å². The maximum absolute atomic E-state index is 13.2. The van der Waals surface area contributed by atoms with Crippen LogP contribution in [-0.4, -0.2) is 35.8 Å².